The minimum Gasteiger partial charge on any atom is -0.477 e. The van der Waals surface area contributed by atoms with Gasteiger partial charge in [0.1, 0.15) is 5.69 Å². The number of rotatable bonds is 7. The summed E-state index contributed by atoms with van der Waals surface area (Å²) in [6, 6.07) is 7.86. The van der Waals surface area contributed by atoms with Crippen LogP contribution in [-0.2, 0) is 10.6 Å². The van der Waals surface area contributed by atoms with Crippen molar-refractivity contribution in [1.29, 1.82) is 4.78 Å². The van der Waals surface area contributed by atoms with Crippen molar-refractivity contribution in [2.24, 2.45) is 5.41 Å². The number of carbonyl (C=O) groups is 1. The number of carbonyl (C=O) groups excluding carboxylic acids is 1. The molecule has 1 aromatic carbocycles. The van der Waals surface area contributed by atoms with Gasteiger partial charge in [0.2, 0.25) is 5.88 Å². The number of thiol groups is 1. The summed E-state index contributed by atoms with van der Waals surface area (Å²) >= 11 is 0. The number of amides is 1. The molecule has 1 aromatic heterocycles. The zero-order valence-electron chi connectivity index (χ0n) is 18.7. The van der Waals surface area contributed by atoms with E-state index in [0.29, 0.717) is 27.2 Å². The van der Waals surface area contributed by atoms with Crippen molar-refractivity contribution >= 4 is 27.9 Å². The monoisotopic (exact) mass is 496 g/mol. The number of pyridine rings is 1. The lowest BCUT2D eigenvalue weighted by Crippen LogP contribution is -2.35. The molecule has 2 N–H and O–H groups in total. The van der Waals surface area contributed by atoms with Crippen LogP contribution in [0.2, 0.25) is 0 Å². The number of hydrogen-bond donors (Lipinski definition) is 3. The molecule has 184 valence electrons. The van der Waals surface area contributed by atoms with Crippen molar-refractivity contribution in [2.45, 2.75) is 50.1 Å². The molecule has 0 bridgehead atoms. The van der Waals surface area contributed by atoms with E-state index in [9.17, 15) is 22.2 Å². The molecule has 1 atom stereocenters. The minimum atomic E-state index is -4.34. The van der Waals surface area contributed by atoms with Gasteiger partial charge in [0.05, 0.1) is 35.0 Å². The fourth-order valence-electron chi connectivity index (χ4n) is 4.20. The van der Waals surface area contributed by atoms with E-state index in [4.69, 9.17) is 9.52 Å². The van der Waals surface area contributed by atoms with Crippen molar-refractivity contribution in [2.75, 3.05) is 29.9 Å². The lowest BCUT2D eigenvalue weighted by molar-refractivity contribution is -0.139. The van der Waals surface area contributed by atoms with Gasteiger partial charge in [0.15, 0.2) is 0 Å². The molecule has 1 spiro atoms. The second-order valence-corrected chi connectivity index (χ2v) is 10.1. The number of benzene rings is 1. The molecule has 1 unspecified atom stereocenters. The van der Waals surface area contributed by atoms with Crippen molar-refractivity contribution in [3.8, 4) is 5.88 Å². The lowest BCUT2D eigenvalue weighted by atomic mass is 9.93. The Morgan fingerprint density at radius 2 is 1.91 bits per heavy atom. The summed E-state index contributed by atoms with van der Waals surface area (Å²) < 4.78 is 61.7. The molecule has 2 fully saturated rings. The first-order valence-electron chi connectivity index (χ1n) is 11.1. The summed E-state index contributed by atoms with van der Waals surface area (Å²) in [5.41, 5.74) is 2.28. The van der Waals surface area contributed by atoms with Crippen LogP contribution in [0.25, 0.3) is 0 Å². The Labute approximate surface area is 197 Å². The quantitative estimate of drug-likeness (QED) is 0.471. The van der Waals surface area contributed by atoms with Gasteiger partial charge in [-0.25, -0.2) is 9.19 Å². The Hall–Kier alpha value is -2.82. The van der Waals surface area contributed by atoms with Crippen LogP contribution in [0.1, 0.15) is 48.2 Å². The molecule has 4 rings (SSSR count). The van der Waals surface area contributed by atoms with Crippen LogP contribution in [0.3, 0.4) is 0 Å². The average Bonchev–Trinajstić information content (AvgIpc) is 3.52. The van der Waals surface area contributed by atoms with Gasteiger partial charge in [-0.2, -0.15) is 13.2 Å². The highest BCUT2D eigenvalue weighted by Crippen LogP contribution is 2.54. The summed E-state index contributed by atoms with van der Waals surface area (Å²) in [4.78, 5) is 19.6. The molecule has 1 aliphatic carbocycles. The minimum absolute atomic E-state index is 0.0131. The molecule has 1 aliphatic heterocycles. The standard InChI is InChI=1S/C23H27F3N4O3S/c1-15-12-18(28-20(13-15)33-11-8-23(24,25)26)21(31)29-17-3-2-16(34(27)32)14-19(17)30-9-6-22(4-5-22)7-10-30/h2-3,12-14,27,34H,4-11H2,1H3,(H,29,31). The molecular weight excluding hydrogens is 469 g/mol. The lowest BCUT2D eigenvalue weighted by Gasteiger charge is -2.35. The number of halogens is 3. The second kappa shape index (κ2) is 9.44. The molecule has 2 aliphatic rings. The first-order valence-corrected chi connectivity index (χ1v) is 12.4. The Kier molecular flexibility index (Phi) is 6.75. The number of ether oxygens (including phenoxy) is 1. The molecule has 2 aromatic rings. The van der Waals surface area contributed by atoms with E-state index in [0.717, 1.165) is 25.9 Å². The maximum atomic E-state index is 13.0. The van der Waals surface area contributed by atoms with Gasteiger partial charge < -0.3 is 15.0 Å². The summed E-state index contributed by atoms with van der Waals surface area (Å²) in [7, 11) is -2.29. The van der Waals surface area contributed by atoms with E-state index >= 15 is 0 Å². The number of nitrogens with one attached hydrogen (secondary N) is 2. The summed E-state index contributed by atoms with van der Waals surface area (Å²) in [6.07, 6.45) is -0.866. The van der Waals surface area contributed by atoms with E-state index in [2.05, 4.69) is 15.2 Å². The Balaban J connectivity index is 1.53. The van der Waals surface area contributed by atoms with Crippen LogP contribution in [0, 0.1) is 17.1 Å². The first kappa shape index (κ1) is 24.3. The highest BCUT2D eigenvalue weighted by atomic mass is 32.2. The van der Waals surface area contributed by atoms with E-state index in [1.54, 1.807) is 25.1 Å². The van der Waals surface area contributed by atoms with Crippen molar-refractivity contribution < 1.29 is 26.9 Å². The molecule has 34 heavy (non-hydrogen) atoms. The molecule has 1 saturated carbocycles. The van der Waals surface area contributed by atoms with Crippen LogP contribution in [0.4, 0.5) is 24.5 Å². The maximum Gasteiger partial charge on any atom is 0.392 e. The number of aromatic nitrogens is 1. The van der Waals surface area contributed by atoms with Gasteiger partial charge in [0.25, 0.3) is 5.91 Å². The van der Waals surface area contributed by atoms with Crippen LogP contribution >= 0.6 is 0 Å². The zero-order chi connectivity index (χ0) is 24.5. The predicted octanol–water partition coefficient (Wildman–Crippen LogP) is 4.96. The smallest absolute Gasteiger partial charge is 0.392 e. The molecule has 11 heteroatoms. The molecule has 0 radical (unpaired) electrons. The van der Waals surface area contributed by atoms with Crippen molar-refractivity contribution in [3.05, 3.63) is 41.6 Å². The van der Waals surface area contributed by atoms with Gasteiger partial charge in [-0.05, 0) is 67.9 Å². The van der Waals surface area contributed by atoms with E-state index in [1.807, 2.05) is 0 Å². The number of nitrogens with zero attached hydrogens (tertiary/aromatic N) is 2. The number of hydrogen-bond acceptors (Lipinski definition) is 6. The average molecular weight is 497 g/mol. The molecule has 1 amide bonds. The topological polar surface area (TPSA) is 95.4 Å². The molecule has 1 saturated heterocycles. The van der Waals surface area contributed by atoms with Crippen LogP contribution in [0.15, 0.2) is 35.2 Å². The maximum absolute atomic E-state index is 13.0. The van der Waals surface area contributed by atoms with Crippen molar-refractivity contribution in [1.82, 2.24) is 4.98 Å². The second-order valence-electron chi connectivity index (χ2n) is 9.02. The van der Waals surface area contributed by atoms with Gasteiger partial charge in [-0.3, -0.25) is 9.57 Å². The fraction of sp³-hybridized carbons (Fsp3) is 0.478. The zero-order valence-corrected chi connectivity index (χ0v) is 19.6. The summed E-state index contributed by atoms with van der Waals surface area (Å²) in [6.45, 7) is 2.72. The Morgan fingerprint density at radius 1 is 1.21 bits per heavy atom. The Morgan fingerprint density at radius 3 is 2.53 bits per heavy atom. The van der Waals surface area contributed by atoms with E-state index in [1.165, 1.54) is 25.0 Å². The highest BCUT2D eigenvalue weighted by Gasteiger charge is 2.44. The van der Waals surface area contributed by atoms with Crippen LogP contribution < -0.4 is 15.0 Å². The van der Waals surface area contributed by atoms with Crippen LogP contribution in [0.5, 0.6) is 5.88 Å². The molecule has 2 heterocycles. The number of aryl methyl sites for hydroxylation is 1. The molecular formula is C23H27F3N4O3S. The highest BCUT2D eigenvalue weighted by molar-refractivity contribution is 7.73. The summed E-state index contributed by atoms with van der Waals surface area (Å²) in [5.74, 6) is -0.591. The van der Waals surface area contributed by atoms with E-state index in [-0.39, 0.29) is 11.6 Å². The third-order valence-electron chi connectivity index (χ3n) is 6.40. The van der Waals surface area contributed by atoms with Crippen LogP contribution in [-0.4, -0.2) is 41.0 Å². The first-order chi connectivity index (χ1) is 16.0. The third-order valence-corrected chi connectivity index (χ3v) is 7.15. The number of alkyl halides is 3. The largest absolute Gasteiger partial charge is 0.477 e. The number of anilines is 2. The van der Waals surface area contributed by atoms with E-state index < -0.39 is 35.7 Å². The third kappa shape index (κ3) is 5.99. The summed E-state index contributed by atoms with van der Waals surface area (Å²) in [5, 5.41) is 2.83. The SMILES string of the molecule is Cc1cc(OCCC(F)(F)F)nc(C(=O)Nc2ccc([SH](=N)=O)cc2N2CCC3(CC2)CC3)c1. The van der Waals surface area contributed by atoms with Gasteiger partial charge >= 0.3 is 6.18 Å². The Bertz CT molecular complexity index is 1140. The normalized spacial score (nSPS) is 17.9. The van der Waals surface area contributed by atoms with Crippen molar-refractivity contribution in [3.63, 3.8) is 0 Å². The van der Waals surface area contributed by atoms with Gasteiger partial charge in [-0.1, -0.05) is 0 Å². The van der Waals surface area contributed by atoms with Gasteiger partial charge in [-0.15, -0.1) is 0 Å². The van der Waals surface area contributed by atoms with Gasteiger partial charge in [0, 0.05) is 24.1 Å². The fourth-order valence-corrected chi connectivity index (χ4v) is 4.65. The molecule has 7 nitrogen and oxygen atoms in total. The predicted molar refractivity (Wildman–Crippen MR) is 123 cm³/mol. The number of piperidine rings is 1.